The van der Waals surface area contributed by atoms with Crippen molar-refractivity contribution in [3.63, 3.8) is 0 Å². The Hall–Kier alpha value is -0.350. The monoisotopic (exact) mass is 268 g/mol. The van der Waals surface area contributed by atoms with Crippen LogP contribution in [0.2, 0.25) is 0 Å². The first-order valence-electron chi connectivity index (χ1n) is 4.83. The molecular formula is C11H12ClF3S. The first-order chi connectivity index (χ1) is 7.43. The second-order valence-corrected chi connectivity index (χ2v) is 5.32. The van der Waals surface area contributed by atoms with E-state index >= 15 is 0 Å². The SMILES string of the molecule is CC(CCCl)Sc1ccc(C(F)(F)F)cc1. The molecule has 0 saturated heterocycles. The number of alkyl halides is 4. The summed E-state index contributed by atoms with van der Waals surface area (Å²) in [5.41, 5.74) is -0.609. The number of thioether (sulfide) groups is 1. The molecule has 0 fully saturated rings. The Bertz CT molecular complexity index is 321. The van der Waals surface area contributed by atoms with Gasteiger partial charge in [-0.3, -0.25) is 0 Å². The van der Waals surface area contributed by atoms with Crippen LogP contribution in [-0.2, 0) is 6.18 Å². The van der Waals surface area contributed by atoms with Crippen LogP contribution in [0.3, 0.4) is 0 Å². The van der Waals surface area contributed by atoms with E-state index in [4.69, 9.17) is 11.6 Å². The summed E-state index contributed by atoms with van der Waals surface area (Å²) in [6.07, 6.45) is -3.42. The molecule has 90 valence electrons. The van der Waals surface area contributed by atoms with Crippen LogP contribution in [0.4, 0.5) is 13.2 Å². The first kappa shape index (κ1) is 13.7. The van der Waals surface area contributed by atoms with Crippen LogP contribution in [-0.4, -0.2) is 11.1 Å². The van der Waals surface area contributed by atoms with E-state index in [0.717, 1.165) is 23.4 Å². The molecule has 0 spiro atoms. The van der Waals surface area contributed by atoms with E-state index in [2.05, 4.69) is 0 Å². The molecule has 1 aromatic rings. The van der Waals surface area contributed by atoms with Crippen molar-refractivity contribution < 1.29 is 13.2 Å². The zero-order valence-electron chi connectivity index (χ0n) is 8.72. The van der Waals surface area contributed by atoms with E-state index in [0.29, 0.717) is 11.1 Å². The third-order valence-corrected chi connectivity index (χ3v) is 3.44. The van der Waals surface area contributed by atoms with Crippen molar-refractivity contribution in [3.8, 4) is 0 Å². The van der Waals surface area contributed by atoms with Crippen molar-refractivity contribution in [3.05, 3.63) is 29.8 Å². The summed E-state index contributed by atoms with van der Waals surface area (Å²) in [5, 5.41) is 0.314. The Kier molecular flexibility index (Phi) is 4.99. The molecule has 0 aliphatic heterocycles. The lowest BCUT2D eigenvalue weighted by molar-refractivity contribution is -0.137. The molecule has 0 bridgehead atoms. The highest BCUT2D eigenvalue weighted by molar-refractivity contribution is 7.99. The van der Waals surface area contributed by atoms with Gasteiger partial charge in [-0.15, -0.1) is 23.4 Å². The molecule has 0 saturated carbocycles. The van der Waals surface area contributed by atoms with E-state index in [1.165, 1.54) is 23.9 Å². The minimum Gasteiger partial charge on any atom is -0.166 e. The van der Waals surface area contributed by atoms with Crippen molar-refractivity contribution in [2.75, 3.05) is 5.88 Å². The van der Waals surface area contributed by atoms with Crippen molar-refractivity contribution in [2.24, 2.45) is 0 Å². The summed E-state index contributed by atoms with van der Waals surface area (Å²) in [6.45, 7) is 2.00. The van der Waals surface area contributed by atoms with Crippen LogP contribution in [0.1, 0.15) is 18.9 Å². The van der Waals surface area contributed by atoms with Crippen LogP contribution < -0.4 is 0 Å². The van der Waals surface area contributed by atoms with Gasteiger partial charge in [0.05, 0.1) is 5.56 Å². The van der Waals surface area contributed by atoms with Gasteiger partial charge < -0.3 is 0 Å². The highest BCUT2D eigenvalue weighted by Gasteiger charge is 2.29. The van der Waals surface area contributed by atoms with Gasteiger partial charge in [0, 0.05) is 16.0 Å². The number of rotatable bonds is 4. The fourth-order valence-corrected chi connectivity index (χ4v) is 2.62. The summed E-state index contributed by atoms with van der Waals surface area (Å²) in [7, 11) is 0. The number of benzene rings is 1. The van der Waals surface area contributed by atoms with E-state index in [9.17, 15) is 13.2 Å². The lowest BCUT2D eigenvalue weighted by atomic mass is 10.2. The van der Waals surface area contributed by atoms with Gasteiger partial charge in [0.25, 0.3) is 0 Å². The van der Waals surface area contributed by atoms with Gasteiger partial charge in [0.15, 0.2) is 0 Å². The molecule has 5 heteroatoms. The Morgan fingerprint density at radius 3 is 2.25 bits per heavy atom. The smallest absolute Gasteiger partial charge is 0.166 e. The van der Waals surface area contributed by atoms with Crippen LogP contribution in [0.5, 0.6) is 0 Å². The molecule has 0 heterocycles. The topological polar surface area (TPSA) is 0 Å². The summed E-state index contributed by atoms with van der Waals surface area (Å²) in [5.74, 6) is 0.564. The van der Waals surface area contributed by atoms with E-state index in [1.807, 2.05) is 6.92 Å². The molecule has 16 heavy (non-hydrogen) atoms. The molecule has 0 radical (unpaired) electrons. The fraction of sp³-hybridized carbons (Fsp3) is 0.455. The third-order valence-electron chi connectivity index (χ3n) is 2.03. The molecule has 1 unspecified atom stereocenters. The highest BCUT2D eigenvalue weighted by Crippen LogP contribution is 2.32. The van der Waals surface area contributed by atoms with Crippen LogP contribution >= 0.6 is 23.4 Å². The van der Waals surface area contributed by atoms with Crippen LogP contribution in [0.15, 0.2) is 29.2 Å². The molecule has 0 nitrogen and oxygen atoms in total. The van der Waals surface area contributed by atoms with Gasteiger partial charge in [-0.2, -0.15) is 13.2 Å². The summed E-state index contributed by atoms with van der Waals surface area (Å²) in [6, 6.07) is 5.21. The van der Waals surface area contributed by atoms with Gasteiger partial charge in [-0.05, 0) is 30.7 Å². The molecule has 1 atom stereocenters. The number of hydrogen-bond donors (Lipinski definition) is 0. The van der Waals surface area contributed by atoms with Crippen molar-refractivity contribution in [2.45, 2.75) is 29.7 Å². The standard InChI is InChI=1S/C11H12ClF3S/c1-8(6-7-12)16-10-4-2-9(3-5-10)11(13,14)15/h2-5,8H,6-7H2,1H3. The van der Waals surface area contributed by atoms with Crippen molar-refractivity contribution >= 4 is 23.4 Å². The maximum Gasteiger partial charge on any atom is 0.416 e. The summed E-state index contributed by atoms with van der Waals surface area (Å²) < 4.78 is 36.8. The molecule has 0 aliphatic rings. The molecule has 0 N–H and O–H groups in total. The van der Waals surface area contributed by atoms with Gasteiger partial charge in [0.1, 0.15) is 0 Å². The van der Waals surface area contributed by atoms with E-state index < -0.39 is 11.7 Å². The summed E-state index contributed by atoms with van der Waals surface area (Å²) in [4.78, 5) is 0.839. The predicted octanol–water partition coefficient (Wildman–Crippen LogP) is 4.81. The van der Waals surface area contributed by atoms with Gasteiger partial charge in [0.2, 0.25) is 0 Å². The minimum absolute atomic E-state index is 0.314. The Labute approximate surface area is 102 Å². The largest absolute Gasteiger partial charge is 0.416 e. The van der Waals surface area contributed by atoms with Crippen molar-refractivity contribution in [1.82, 2.24) is 0 Å². The molecule has 1 rings (SSSR count). The molecule has 0 amide bonds. The zero-order chi connectivity index (χ0) is 12.2. The summed E-state index contributed by atoms with van der Waals surface area (Å²) >= 11 is 7.12. The Morgan fingerprint density at radius 2 is 1.81 bits per heavy atom. The third kappa shape index (κ3) is 4.26. The van der Waals surface area contributed by atoms with Gasteiger partial charge in [-0.1, -0.05) is 6.92 Å². The van der Waals surface area contributed by atoms with E-state index in [1.54, 1.807) is 0 Å². The fourth-order valence-electron chi connectivity index (χ4n) is 1.17. The second-order valence-electron chi connectivity index (χ2n) is 3.43. The normalized spacial score (nSPS) is 13.8. The Morgan fingerprint density at radius 1 is 1.25 bits per heavy atom. The van der Waals surface area contributed by atoms with Gasteiger partial charge >= 0.3 is 6.18 Å². The van der Waals surface area contributed by atoms with Crippen LogP contribution in [0, 0.1) is 0 Å². The predicted molar refractivity (Wildman–Crippen MR) is 62.1 cm³/mol. The van der Waals surface area contributed by atoms with E-state index in [-0.39, 0.29) is 0 Å². The van der Waals surface area contributed by atoms with Crippen LogP contribution in [0.25, 0.3) is 0 Å². The van der Waals surface area contributed by atoms with Gasteiger partial charge in [-0.25, -0.2) is 0 Å². The second kappa shape index (κ2) is 5.82. The quantitative estimate of drug-likeness (QED) is 0.557. The maximum absolute atomic E-state index is 12.3. The number of hydrogen-bond acceptors (Lipinski definition) is 1. The highest BCUT2D eigenvalue weighted by atomic mass is 35.5. The molecule has 0 aliphatic carbocycles. The molecular weight excluding hydrogens is 257 g/mol. The zero-order valence-corrected chi connectivity index (χ0v) is 10.3. The Balaban J connectivity index is 2.65. The lowest BCUT2D eigenvalue weighted by Crippen LogP contribution is -2.04. The average molecular weight is 269 g/mol. The van der Waals surface area contributed by atoms with Crippen molar-refractivity contribution in [1.29, 1.82) is 0 Å². The maximum atomic E-state index is 12.3. The minimum atomic E-state index is -4.26. The lowest BCUT2D eigenvalue weighted by Gasteiger charge is -2.10. The number of halogens is 4. The average Bonchev–Trinajstić information content (AvgIpc) is 2.17. The first-order valence-corrected chi connectivity index (χ1v) is 6.25. The molecule has 1 aromatic carbocycles. The molecule has 0 aromatic heterocycles.